The Morgan fingerprint density at radius 1 is 1.35 bits per heavy atom. The number of hydrogen-bond acceptors (Lipinski definition) is 5. The van der Waals surface area contributed by atoms with E-state index in [0.717, 1.165) is 12.8 Å². The number of carbonyl (C=O) groups excluding carboxylic acids is 2. The molecule has 2 N–H and O–H groups in total. The number of thiophene rings is 1. The molecule has 1 aromatic heterocycles. The fourth-order valence-electron chi connectivity index (χ4n) is 2.84. The Hall–Kier alpha value is -1.45. The molecule has 0 spiro atoms. The van der Waals surface area contributed by atoms with Crippen LogP contribution in [0.15, 0.2) is 17.5 Å². The average molecular weight is 402 g/mol. The molecule has 2 amide bonds. The maximum atomic E-state index is 12.6. The van der Waals surface area contributed by atoms with Gasteiger partial charge in [0.25, 0.3) is 5.91 Å². The molecule has 1 aliphatic rings. The minimum absolute atomic E-state index is 0.0847. The van der Waals surface area contributed by atoms with Crippen molar-refractivity contribution in [3.8, 4) is 0 Å². The number of nitrogens with one attached hydrogen (secondary N) is 2. The van der Waals surface area contributed by atoms with Crippen LogP contribution in [0.2, 0.25) is 0 Å². The summed E-state index contributed by atoms with van der Waals surface area (Å²) in [5.74, 6) is -0.299. The number of nitrogens with zero attached hydrogens (tertiary/aromatic N) is 1. The molecule has 0 radical (unpaired) electrons. The van der Waals surface area contributed by atoms with E-state index in [1.165, 1.54) is 11.3 Å². The Bertz CT molecular complexity index is 716. The van der Waals surface area contributed by atoms with Crippen LogP contribution in [0.4, 0.5) is 0 Å². The summed E-state index contributed by atoms with van der Waals surface area (Å²) in [5.41, 5.74) is 0. The molecule has 0 aliphatic carbocycles. The molecule has 2 atom stereocenters. The van der Waals surface area contributed by atoms with Crippen molar-refractivity contribution in [1.82, 2.24) is 14.9 Å². The zero-order valence-corrected chi connectivity index (χ0v) is 17.0. The number of piperidine rings is 1. The predicted octanol–water partition coefficient (Wildman–Crippen LogP) is 1.43. The minimum atomic E-state index is -3.30. The third-order valence-electron chi connectivity index (χ3n) is 4.49. The molecular formula is C17H27N3O4S2. The summed E-state index contributed by atoms with van der Waals surface area (Å²) in [7, 11) is -3.30. The molecule has 1 fully saturated rings. The topological polar surface area (TPSA) is 95.6 Å². The van der Waals surface area contributed by atoms with E-state index in [4.69, 9.17) is 0 Å². The lowest BCUT2D eigenvalue weighted by Gasteiger charge is -2.34. The SMILES string of the molecule is CC(NC(=O)c1cccs1)C(=O)N1CCCC(CNS(=O)(=O)C(C)C)C1. The predicted molar refractivity (Wildman–Crippen MR) is 103 cm³/mol. The lowest BCUT2D eigenvalue weighted by atomic mass is 9.98. The lowest BCUT2D eigenvalue weighted by Crippen LogP contribution is -2.51. The summed E-state index contributed by atoms with van der Waals surface area (Å²) < 4.78 is 26.4. The average Bonchev–Trinajstić information content (AvgIpc) is 3.14. The summed E-state index contributed by atoms with van der Waals surface area (Å²) in [6.45, 7) is 6.41. The Balaban J connectivity index is 1.87. The van der Waals surface area contributed by atoms with Gasteiger partial charge in [0.1, 0.15) is 6.04 Å². The third kappa shape index (κ3) is 5.52. The molecule has 9 heteroatoms. The monoisotopic (exact) mass is 401 g/mol. The second-order valence-corrected chi connectivity index (χ2v) is 10.2. The molecule has 0 saturated carbocycles. The number of sulfonamides is 1. The van der Waals surface area contributed by atoms with E-state index in [1.54, 1.807) is 37.8 Å². The molecule has 146 valence electrons. The van der Waals surface area contributed by atoms with Gasteiger partial charge in [-0.1, -0.05) is 6.07 Å². The van der Waals surface area contributed by atoms with E-state index in [0.29, 0.717) is 24.5 Å². The van der Waals surface area contributed by atoms with Gasteiger partial charge in [0.05, 0.1) is 10.1 Å². The summed E-state index contributed by atoms with van der Waals surface area (Å²) in [5, 5.41) is 4.07. The van der Waals surface area contributed by atoms with Gasteiger partial charge < -0.3 is 10.2 Å². The summed E-state index contributed by atoms with van der Waals surface area (Å²) in [6, 6.07) is 2.89. The van der Waals surface area contributed by atoms with Crippen LogP contribution in [0, 0.1) is 5.92 Å². The van der Waals surface area contributed by atoms with Gasteiger partial charge in [0, 0.05) is 19.6 Å². The van der Waals surface area contributed by atoms with Crippen LogP contribution in [0.25, 0.3) is 0 Å². The van der Waals surface area contributed by atoms with Gasteiger partial charge in [-0.25, -0.2) is 13.1 Å². The maximum absolute atomic E-state index is 12.6. The van der Waals surface area contributed by atoms with Crippen molar-refractivity contribution < 1.29 is 18.0 Å². The zero-order valence-electron chi connectivity index (χ0n) is 15.4. The summed E-state index contributed by atoms with van der Waals surface area (Å²) in [6.07, 6.45) is 1.70. The van der Waals surface area contributed by atoms with Crippen molar-refractivity contribution >= 4 is 33.2 Å². The van der Waals surface area contributed by atoms with Gasteiger partial charge in [0.15, 0.2) is 0 Å². The van der Waals surface area contributed by atoms with Crippen molar-refractivity contribution in [3.63, 3.8) is 0 Å². The van der Waals surface area contributed by atoms with E-state index in [2.05, 4.69) is 10.0 Å². The van der Waals surface area contributed by atoms with Gasteiger partial charge in [-0.2, -0.15) is 0 Å². The first-order chi connectivity index (χ1) is 12.2. The Morgan fingerprint density at radius 3 is 2.69 bits per heavy atom. The highest BCUT2D eigenvalue weighted by Crippen LogP contribution is 2.17. The van der Waals surface area contributed by atoms with E-state index in [9.17, 15) is 18.0 Å². The Kier molecular flexibility index (Phi) is 7.19. The van der Waals surface area contributed by atoms with Gasteiger partial charge >= 0.3 is 0 Å². The van der Waals surface area contributed by atoms with Gasteiger partial charge in [-0.15, -0.1) is 11.3 Å². The van der Waals surface area contributed by atoms with Crippen LogP contribution in [0.5, 0.6) is 0 Å². The van der Waals surface area contributed by atoms with Crippen molar-refractivity contribution in [2.45, 2.75) is 44.9 Å². The highest BCUT2D eigenvalue weighted by molar-refractivity contribution is 7.90. The molecule has 0 aromatic carbocycles. The smallest absolute Gasteiger partial charge is 0.261 e. The number of carbonyl (C=O) groups is 2. The van der Waals surface area contributed by atoms with E-state index in [-0.39, 0.29) is 17.7 Å². The van der Waals surface area contributed by atoms with E-state index >= 15 is 0 Å². The fourth-order valence-corrected chi connectivity index (χ4v) is 4.27. The second kappa shape index (κ2) is 8.96. The molecule has 26 heavy (non-hydrogen) atoms. The van der Waals surface area contributed by atoms with Crippen molar-refractivity contribution in [2.24, 2.45) is 5.92 Å². The van der Waals surface area contributed by atoms with Gasteiger partial charge in [0.2, 0.25) is 15.9 Å². The molecule has 1 saturated heterocycles. The van der Waals surface area contributed by atoms with Crippen LogP contribution in [-0.4, -0.2) is 56.1 Å². The highest BCUT2D eigenvalue weighted by atomic mass is 32.2. The van der Waals surface area contributed by atoms with Crippen LogP contribution in [0.1, 0.15) is 43.3 Å². The van der Waals surface area contributed by atoms with E-state index in [1.807, 2.05) is 5.38 Å². The zero-order chi connectivity index (χ0) is 19.3. The first kappa shape index (κ1) is 20.9. The molecule has 2 rings (SSSR count). The van der Waals surface area contributed by atoms with Gasteiger partial charge in [-0.05, 0) is 51.0 Å². The Labute approximate surface area is 159 Å². The fraction of sp³-hybridized carbons (Fsp3) is 0.647. The molecule has 0 bridgehead atoms. The molecule has 2 unspecified atom stereocenters. The minimum Gasteiger partial charge on any atom is -0.341 e. The molecule has 7 nitrogen and oxygen atoms in total. The van der Waals surface area contributed by atoms with Crippen molar-refractivity contribution in [2.75, 3.05) is 19.6 Å². The highest BCUT2D eigenvalue weighted by Gasteiger charge is 2.28. The van der Waals surface area contributed by atoms with E-state index < -0.39 is 21.3 Å². The standard InChI is InChI=1S/C17H27N3O4S2/c1-12(2)26(23,24)18-10-14-6-4-8-20(11-14)17(22)13(3)19-16(21)15-7-5-9-25-15/h5,7,9,12-14,18H,4,6,8,10-11H2,1-3H3,(H,19,21). The second-order valence-electron chi connectivity index (χ2n) is 6.91. The third-order valence-corrected chi connectivity index (χ3v) is 7.17. The number of amides is 2. The van der Waals surface area contributed by atoms with Crippen molar-refractivity contribution in [1.29, 1.82) is 0 Å². The largest absolute Gasteiger partial charge is 0.341 e. The normalized spacial score (nSPS) is 19.4. The quantitative estimate of drug-likeness (QED) is 0.722. The summed E-state index contributed by atoms with van der Waals surface area (Å²) in [4.78, 5) is 27.0. The van der Waals surface area contributed by atoms with Crippen LogP contribution >= 0.6 is 11.3 Å². The summed E-state index contributed by atoms with van der Waals surface area (Å²) >= 11 is 1.33. The first-order valence-electron chi connectivity index (χ1n) is 8.82. The number of rotatable bonds is 7. The molecule has 2 heterocycles. The van der Waals surface area contributed by atoms with Crippen molar-refractivity contribution in [3.05, 3.63) is 22.4 Å². The van der Waals surface area contributed by atoms with Gasteiger partial charge in [-0.3, -0.25) is 9.59 Å². The number of hydrogen-bond donors (Lipinski definition) is 2. The molecule has 1 aromatic rings. The van der Waals surface area contributed by atoms with Crippen LogP contribution in [0.3, 0.4) is 0 Å². The Morgan fingerprint density at radius 2 is 2.08 bits per heavy atom. The van der Waals surface area contributed by atoms with Crippen LogP contribution < -0.4 is 10.0 Å². The number of likely N-dealkylation sites (tertiary alicyclic amines) is 1. The molecular weight excluding hydrogens is 374 g/mol. The lowest BCUT2D eigenvalue weighted by molar-refractivity contribution is -0.134. The molecule has 1 aliphatic heterocycles. The maximum Gasteiger partial charge on any atom is 0.261 e. The van der Waals surface area contributed by atoms with Crippen LogP contribution in [-0.2, 0) is 14.8 Å². The first-order valence-corrected chi connectivity index (χ1v) is 11.2.